The SMILES string of the molecule is CC[C@H](C)[C@H](CO)N1C(=O)[C@@H]2[C@H](C=C[C@@H](CC)[C@H]2C(=O)NC)[C@H]1C(=O)Nc1ccc(N(CC)CC)cc1. The average molecular weight is 513 g/mol. The van der Waals surface area contributed by atoms with Crippen LogP contribution in [0.5, 0.6) is 0 Å². The third kappa shape index (κ3) is 5.54. The van der Waals surface area contributed by atoms with Crippen molar-refractivity contribution >= 4 is 29.1 Å². The third-order valence-corrected chi connectivity index (χ3v) is 8.45. The van der Waals surface area contributed by atoms with Crippen LogP contribution in [-0.4, -0.2) is 66.6 Å². The van der Waals surface area contributed by atoms with Crippen LogP contribution in [0.2, 0.25) is 0 Å². The van der Waals surface area contributed by atoms with Gasteiger partial charge < -0.3 is 25.5 Å². The minimum atomic E-state index is -0.813. The van der Waals surface area contributed by atoms with Crippen LogP contribution in [0.25, 0.3) is 0 Å². The summed E-state index contributed by atoms with van der Waals surface area (Å²) in [6, 6.07) is 6.38. The molecular weight excluding hydrogens is 468 g/mol. The van der Waals surface area contributed by atoms with Crippen molar-refractivity contribution < 1.29 is 19.5 Å². The number of carbonyl (C=O) groups is 3. The summed E-state index contributed by atoms with van der Waals surface area (Å²) < 4.78 is 0. The molecule has 3 N–H and O–H groups in total. The lowest BCUT2D eigenvalue weighted by Crippen LogP contribution is -2.52. The summed E-state index contributed by atoms with van der Waals surface area (Å²) >= 11 is 0. The van der Waals surface area contributed by atoms with Crippen molar-refractivity contribution in [2.75, 3.05) is 37.0 Å². The number of hydrogen-bond donors (Lipinski definition) is 3. The quantitative estimate of drug-likeness (QED) is 0.395. The summed E-state index contributed by atoms with van der Waals surface area (Å²) in [6.45, 7) is 11.7. The van der Waals surface area contributed by atoms with Gasteiger partial charge in [-0.25, -0.2) is 0 Å². The zero-order chi connectivity index (χ0) is 27.3. The Morgan fingerprint density at radius 2 is 1.70 bits per heavy atom. The number of rotatable bonds is 11. The van der Waals surface area contributed by atoms with Crippen molar-refractivity contribution in [3.8, 4) is 0 Å². The predicted molar refractivity (Wildman–Crippen MR) is 147 cm³/mol. The second-order valence-electron chi connectivity index (χ2n) is 10.2. The molecule has 0 radical (unpaired) electrons. The Morgan fingerprint density at radius 3 is 2.22 bits per heavy atom. The van der Waals surface area contributed by atoms with Crippen molar-refractivity contribution in [1.29, 1.82) is 0 Å². The molecule has 3 rings (SSSR count). The molecule has 0 saturated carbocycles. The molecule has 204 valence electrons. The van der Waals surface area contributed by atoms with E-state index in [1.807, 2.05) is 57.2 Å². The summed E-state index contributed by atoms with van der Waals surface area (Å²) in [5.41, 5.74) is 1.72. The zero-order valence-electron chi connectivity index (χ0n) is 23.1. The second-order valence-corrected chi connectivity index (χ2v) is 10.2. The van der Waals surface area contributed by atoms with Crippen LogP contribution in [0.1, 0.15) is 47.5 Å². The molecule has 8 heteroatoms. The van der Waals surface area contributed by atoms with Gasteiger partial charge >= 0.3 is 0 Å². The molecule has 1 aromatic rings. The van der Waals surface area contributed by atoms with Crippen LogP contribution in [0.15, 0.2) is 36.4 Å². The van der Waals surface area contributed by atoms with Crippen LogP contribution in [0.4, 0.5) is 11.4 Å². The van der Waals surface area contributed by atoms with E-state index in [1.54, 1.807) is 11.9 Å². The van der Waals surface area contributed by atoms with E-state index >= 15 is 0 Å². The topological polar surface area (TPSA) is 102 Å². The predicted octanol–water partition coefficient (Wildman–Crippen LogP) is 3.28. The van der Waals surface area contributed by atoms with Crippen LogP contribution < -0.4 is 15.5 Å². The summed E-state index contributed by atoms with van der Waals surface area (Å²) in [6.07, 6.45) is 5.41. The van der Waals surface area contributed by atoms with Crippen LogP contribution in [0, 0.1) is 29.6 Å². The van der Waals surface area contributed by atoms with Gasteiger partial charge in [-0.3, -0.25) is 14.4 Å². The van der Waals surface area contributed by atoms with E-state index in [2.05, 4.69) is 29.4 Å². The first-order valence-corrected chi connectivity index (χ1v) is 13.8. The molecule has 7 atom stereocenters. The van der Waals surface area contributed by atoms with Gasteiger partial charge in [0.05, 0.1) is 24.5 Å². The lowest BCUT2D eigenvalue weighted by Gasteiger charge is -2.36. The highest BCUT2D eigenvalue weighted by Crippen LogP contribution is 2.46. The Kier molecular flexibility index (Phi) is 9.76. The Balaban J connectivity index is 2.00. The molecule has 2 aliphatic rings. The fraction of sp³-hybridized carbons (Fsp3) is 0.621. The number of allylic oxidation sites excluding steroid dienone is 1. The van der Waals surface area contributed by atoms with Gasteiger partial charge in [0.1, 0.15) is 6.04 Å². The van der Waals surface area contributed by atoms with Gasteiger partial charge in [0.25, 0.3) is 0 Å². The number of likely N-dealkylation sites (tertiary alicyclic amines) is 1. The van der Waals surface area contributed by atoms with Crippen LogP contribution in [-0.2, 0) is 14.4 Å². The molecule has 1 fully saturated rings. The Morgan fingerprint density at radius 1 is 1.05 bits per heavy atom. The number of benzene rings is 1. The molecule has 0 spiro atoms. The number of carbonyl (C=O) groups excluding carboxylic acids is 3. The minimum absolute atomic E-state index is 0.0119. The van der Waals surface area contributed by atoms with Crippen molar-refractivity contribution in [1.82, 2.24) is 10.2 Å². The Hall–Kier alpha value is -2.87. The third-order valence-electron chi connectivity index (χ3n) is 8.45. The lowest BCUT2D eigenvalue weighted by atomic mass is 9.69. The summed E-state index contributed by atoms with van der Waals surface area (Å²) in [7, 11) is 1.58. The van der Waals surface area contributed by atoms with Gasteiger partial charge in [0.2, 0.25) is 17.7 Å². The van der Waals surface area contributed by atoms with E-state index in [-0.39, 0.29) is 36.2 Å². The normalized spacial score (nSPS) is 26.4. The van der Waals surface area contributed by atoms with Crippen molar-refractivity contribution in [2.45, 2.75) is 59.5 Å². The molecule has 1 aliphatic heterocycles. The lowest BCUT2D eigenvalue weighted by molar-refractivity contribution is -0.143. The maximum atomic E-state index is 14.0. The molecule has 0 aromatic heterocycles. The monoisotopic (exact) mass is 512 g/mol. The zero-order valence-corrected chi connectivity index (χ0v) is 23.1. The fourth-order valence-electron chi connectivity index (χ4n) is 6.09. The number of nitrogens with zero attached hydrogens (tertiary/aromatic N) is 2. The molecule has 1 aromatic carbocycles. The molecule has 3 amide bonds. The minimum Gasteiger partial charge on any atom is -0.394 e. The second kappa shape index (κ2) is 12.6. The number of nitrogens with one attached hydrogen (secondary N) is 2. The molecule has 0 unspecified atom stereocenters. The van der Waals surface area contributed by atoms with E-state index < -0.39 is 29.8 Å². The first-order valence-electron chi connectivity index (χ1n) is 13.8. The van der Waals surface area contributed by atoms with Crippen molar-refractivity contribution in [3.05, 3.63) is 36.4 Å². The number of amides is 3. The Bertz CT molecular complexity index is 975. The average Bonchev–Trinajstić information content (AvgIpc) is 3.21. The standard InChI is InChI=1S/C29H44N4O4/c1-7-18(5)23(17-34)33-26(28(36)31-20-12-14-21(15-13-20)32(9-3)10-4)22-16-11-19(8-2)24(27(35)30-6)25(22)29(33)37/h11-16,18-19,22-26,34H,7-10,17H2,1-6H3,(H,30,35)(H,31,36)/t18-,19+,22-,23-,24+,25+,26-/m0/s1. The summed E-state index contributed by atoms with van der Waals surface area (Å²) in [5.74, 6) is -2.45. The highest BCUT2D eigenvalue weighted by molar-refractivity contribution is 6.02. The van der Waals surface area contributed by atoms with Gasteiger partial charge in [0, 0.05) is 37.4 Å². The number of hydrogen-bond acceptors (Lipinski definition) is 5. The van der Waals surface area contributed by atoms with Gasteiger partial charge in [-0.1, -0.05) is 39.3 Å². The van der Waals surface area contributed by atoms with Gasteiger partial charge in [0.15, 0.2) is 0 Å². The van der Waals surface area contributed by atoms with Crippen molar-refractivity contribution in [2.24, 2.45) is 29.6 Å². The molecule has 1 saturated heterocycles. The smallest absolute Gasteiger partial charge is 0.247 e. The van der Waals surface area contributed by atoms with E-state index in [4.69, 9.17) is 0 Å². The highest BCUT2D eigenvalue weighted by Gasteiger charge is 2.58. The molecule has 0 bridgehead atoms. The van der Waals surface area contributed by atoms with Crippen LogP contribution in [0.3, 0.4) is 0 Å². The summed E-state index contributed by atoms with van der Waals surface area (Å²) in [5, 5.41) is 16.1. The summed E-state index contributed by atoms with van der Waals surface area (Å²) in [4.78, 5) is 44.7. The maximum absolute atomic E-state index is 14.0. The van der Waals surface area contributed by atoms with E-state index in [1.165, 1.54) is 0 Å². The van der Waals surface area contributed by atoms with E-state index in [0.29, 0.717) is 5.69 Å². The number of aliphatic hydroxyl groups excluding tert-OH is 1. The molecule has 1 heterocycles. The van der Waals surface area contributed by atoms with Crippen LogP contribution >= 0.6 is 0 Å². The molecular formula is C29H44N4O4. The molecule has 8 nitrogen and oxygen atoms in total. The number of aliphatic hydroxyl groups is 1. The first kappa shape index (κ1) is 28.7. The van der Waals surface area contributed by atoms with Gasteiger partial charge in [-0.15, -0.1) is 0 Å². The van der Waals surface area contributed by atoms with Gasteiger partial charge in [-0.2, -0.15) is 0 Å². The number of fused-ring (bicyclic) bond motifs is 1. The number of anilines is 2. The molecule has 1 aliphatic carbocycles. The van der Waals surface area contributed by atoms with E-state index in [0.717, 1.165) is 31.6 Å². The first-order chi connectivity index (χ1) is 17.8. The molecule has 37 heavy (non-hydrogen) atoms. The fourth-order valence-corrected chi connectivity index (χ4v) is 6.09. The highest BCUT2D eigenvalue weighted by atomic mass is 16.3. The van der Waals surface area contributed by atoms with Crippen molar-refractivity contribution in [3.63, 3.8) is 0 Å². The maximum Gasteiger partial charge on any atom is 0.247 e. The van der Waals surface area contributed by atoms with E-state index in [9.17, 15) is 19.5 Å². The van der Waals surface area contributed by atoms with Gasteiger partial charge in [-0.05, 0) is 56.4 Å². The largest absolute Gasteiger partial charge is 0.394 e. The Labute approximate surface area is 221 Å².